The third-order valence-corrected chi connectivity index (χ3v) is 7.01. The topological polar surface area (TPSA) is 87.4 Å². The first-order valence-electron chi connectivity index (χ1n) is 12.9. The van der Waals surface area contributed by atoms with Crippen LogP contribution in [-0.4, -0.2) is 44.8 Å². The van der Waals surface area contributed by atoms with Crippen molar-refractivity contribution in [2.45, 2.75) is 26.3 Å². The van der Waals surface area contributed by atoms with E-state index in [-0.39, 0.29) is 12.5 Å². The molecule has 1 amide bonds. The fourth-order valence-electron chi connectivity index (χ4n) is 5.05. The first-order chi connectivity index (χ1) is 18.9. The molecule has 8 heteroatoms. The lowest BCUT2D eigenvalue weighted by Gasteiger charge is -2.37. The van der Waals surface area contributed by atoms with Gasteiger partial charge in [0.2, 0.25) is 0 Å². The van der Waals surface area contributed by atoms with Crippen LogP contribution in [0.25, 0.3) is 11.0 Å². The van der Waals surface area contributed by atoms with E-state index < -0.39 is 11.7 Å². The highest BCUT2D eigenvalue weighted by Crippen LogP contribution is 2.39. The number of aryl methyl sites for hydroxylation is 1. The lowest BCUT2D eigenvalue weighted by Crippen LogP contribution is -2.42. The summed E-state index contributed by atoms with van der Waals surface area (Å²) in [6, 6.07) is 17.5. The van der Waals surface area contributed by atoms with E-state index in [1.807, 2.05) is 43.0 Å². The summed E-state index contributed by atoms with van der Waals surface area (Å²) in [5, 5.41) is 0.842. The first-order valence-corrected chi connectivity index (χ1v) is 12.9. The van der Waals surface area contributed by atoms with Gasteiger partial charge in [0.25, 0.3) is 5.91 Å². The van der Waals surface area contributed by atoms with Gasteiger partial charge in [-0.2, -0.15) is 0 Å². The van der Waals surface area contributed by atoms with Crippen LogP contribution in [0, 0.1) is 6.92 Å². The standard InChI is InChI=1S/C31H31NO7/c1-5-37-22-8-6-20(7-9-22)31(34)32-13-12-21-15-28(35-3)29(36-4)17-25(21)26(32)18-38-23-10-11-24-19(2)14-30(33)39-27(24)16-23/h6-11,14-17,26H,5,12-13,18H2,1-4H3/t26-/m0/s1. The summed E-state index contributed by atoms with van der Waals surface area (Å²) in [4.78, 5) is 27.5. The first kappa shape index (κ1) is 26.2. The zero-order valence-corrected chi connectivity index (χ0v) is 22.5. The van der Waals surface area contributed by atoms with E-state index in [1.165, 1.54) is 6.07 Å². The third-order valence-electron chi connectivity index (χ3n) is 7.01. The predicted octanol–water partition coefficient (Wildman–Crippen LogP) is 5.34. The second-order valence-electron chi connectivity index (χ2n) is 9.35. The summed E-state index contributed by atoms with van der Waals surface area (Å²) in [7, 11) is 3.20. The predicted molar refractivity (Wildman–Crippen MR) is 147 cm³/mol. The number of benzene rings is 3. The molecule has 2 heterocycles. The molecule has 0 saturated heterocycles. The van der Waals surface area contributed by atoms with E-state index in [4.69, 9.17) is 23.4 Å². The summed E-state index contributed by atoms with van der Waals surface area (Å²) in [5.74, 6) is 2.37. The molecule has 5 rings (SSSR count). The van der Waals surface area contributed by atoms with Crippen LogP contribution in [0.3, 0.4) is 0 Å². The number of hydrogen-bond acceptors (Lipinski definition) is 7. The second kappa shape index (κ2) is 11.1. The van der Waals surface area contributed by atoms with Crippen molar-refractivity contribution >= 4 is 16.9 Å². The molecule has 4 aromatic rings. The maximum Gasteiger partial charge on any atom is 0.336 e. The lowest BCUT2D eigenvalue weighted by molar-refractivity contribution is 0.0589. The quantitative estimate of drug-likeness (QED) is 0.285. The Hall–Kier alpha value is -4.46. The van der Waals surface area contributed by atoms with Crippen LogP contribution in [0.5, 0.6) is 23.0 Å². The van der Waals surface area contributed by atoms with E-state index in [0.29, 0.717) is 53.7 Å². The Morgan fingerprint density at radius 3 is 2.38 bits per heavy atom. The van der Waals surface area contributed by atoms with Crippen molar-refractivity contribution in [2.75, 3.05) is 34.0 Å². The monoisotopic (exact) mass is 529 g/mol. The SMILES string of the molecule is CCOc1ccc(C(=O)N2CCc3cc(OC)c(OC)cc3[C@@H]2COc2ccc3c(C)cc(=O)oc3c2)cc1. The number of ether oxygens (including phenoxy) is 4. The Morgan fingerprint density at radius 1 is 0.949 bits per heavy atom. The molecule has 0 unspecified atom stereocenters. The van der Waals surface area contributed by atoms with E-state index in [0.717, 1.165) is 22.1 Å². The highest BCUT2D eigenvalue weighted by atomic mass is 16.5. The van der Waals surface area contributed by atoms with Crippen molar-refractivity contribution in [2.24, 2.45) is 0 Å². The van der Waals surface area contributed by atoms with Gasteiger partial charge < -0.3 is 28.3 Å². The van der Waals surface area contributed by atoms with Crippen LogP contribution in [-0.2, 0) is 6.42 Å². The molecule has 39 heavy (non-hydrogen) atoms. The zero-order chi connectivity index (χ0) is 27.5. The van der Waals surface area contributed by atoms with E-state index in [2.05, 4.69) is 0 Å². The van der Waals surface area contributed by atoms with Crippen molar-refractivity contribution in [1.82, 2.24) is 4.90 Å². The van der Waals surface area contributed by atoms with Crippen molar-refractivity contribution in [3.8, 4) is 23.0 Å². The number of rotatable bonds is 8. The molecule has 0 saturated carbocycles. The van der Waals surface area contributed by atoms with Crippen LogP contribution < -0.4 is 24.6 Å². The largest absolute Gasteiger partial charge is 0.494 e. The summed E-state index contributed by atoms with van der Waals surface area (Å²) >= 11 is 0. The molecular weight excluding hydrogens is 498 g/mol. The lowest BCUT2D eigenvalue weighted by atomic mass is 9.91. The Bertz CT molecular complexity index is 1560. The smallest absolute Gasteiger partial charge is 0.336 e. The fourth-order valence-corrected chi connectivity index (χ4v) is 5.05. The maximum atomic E-state index is 13.8. The highest BCUT2D eigenvalue weighted by molar-refractivity contribution is 5.95. The molecule has 1 aliphatic rings. The van der Waals surface area contributed by atoms with Crippen LogP contribution in [0.1, 0.15) is 40.0 Å². The second-order valence-corrected chi connectivity index (χ2v) is 9.35. The molecule has 3 aromatic carbocycles. The normalized spacial score (nSPS) is 14.6. The Labute approximate surface area is 226 Å². The Kier molecular flexibility index (Phi) is 7.45. The van der Waals surface area contributed by atoms with Crippen molar-refractivity contribution in [3.63, 3.8) is 0 Å². The Morgan fingerprint density at radius 2 is 1.67 bits per heavy atom. The molecule has 0 fully saturated rings. The number of fused-ring (bicyclic) bond motifs is 2. The summed E-state index contributed by atoms with van der Waals surface area (Å²) < 4.78 is 28.3. The van der Waals surface area contributed by atoms with Gasteiger partial charge in [0.1, 0.15) is 23.7 Å². The average Bonchev–Trinajstić information content (AvgIpc) is 2.95. The van der Waals surface area contributed by atoms with Crippen LogP contribution in [0.4, 0.5) is 0 Å². The van der Waals surface area contributed by atoms with Gasteiger partial charge in [0, 0.05) is 29.6 Å². The minimum Gasteiger partial charge on any atom is -0.494 e. The summed E-state index contributed by atoms with van der Waals surface area (Å²) in [6.07, 6.45) is 0.662. The number of amides is 1. The minimum atomic E-state index is -0.411. The number of hydrogen-bond donors (Lipinski definition) is 0. The summed E-state index contributed by atoms with van der Waals surface area (Å²) in [6.45, 7) is 5.03. The molecular formula is C31H31NO7. The molecule has 1 aromatic heterocycles. The van der Waals surface area contributed by atoms with Gasteiger partial charge >= 0.3 is 5.63 Å². The average molecular weight is 530 g/mol. The number of methoxy groups -OCH3 is 2. The molecule has 1 aliphatic heterocycles. The van der Waals surface area contributed by atoms with Crippen LogP contribution in [0.15, 0.2) is 69.9 Å². The van der Waals surface area contributed by atoms with Gasteiger partial charge in [-0.3, -0.25) is 4.79 Å². The van der Waals surface area contributed by atoms with Gasteiger partial charge in [0.15, 0.2) is 11.5 Å². The minimum absolute atomic E-state index is 0.104. The fraction of sp³-hybridized carbons (Fsp3) is 0.290. The molecule has 0 spiro atoms. The van der Waals surface area contributed by atoms with Crippen LogP contribution in [0.2, 0.25) is 0 Å². The van der Waals surface area contributed by atoms with Gasteiger partial charge in [0.05, 0.1) is 26.9 Å². The Balaban J connectivity index is 1.49. The van der Waals surface area contributed by atoms with Gasteiger partial charge in [-0.05, 0) is 85.5 Å². The van der Waals surface area contributed by atoms with E-state index >= 15 is 0 Å². The van der Waals surface area contributed by atoms with Gasteiger partial charge in [-0.1, -0.05) is 0 Å². The van der Waals surface area contributed by atoms with Gasteiger partial charge in [-0.25, -0.2) is 4.79 Å². The molecule has 1 atom stereocenters. The van der Waals surface area contributed by atoms with Crippen molar-refractivity contribution < 1.29 is 28.2 Å². The van der Waals surface area contributed by atoms with E-state index in [1.54, 1.807) is 44.6 Å². The summed E-state index contributed by atoms with van der Waals surface area (Å²) in [5.41, 5.74) is 3.44. The molecule has 0 radical (unpaired) electrons. The van der Waals surface area contributed by atoms with E-state index in [9.17, 15) is 9.59 Å². The van der Waals surface area contributed by atoms with Gasteiger partial charge in [-0.15, -0.1) is 0 Å². The molecule has 0 aliphatic carbocycles. The zero-order valence-electron chi connectivity index (χ0n) is 22.5. The van der Waals surface area contributed by atoms with Crippen LogP contribution >= 0.6 is 0 Å². The maximum absolute atomic E-state index is 13.8. The molecule has 8 nitrogen and oxygen atoms in total. The molecule has 202 valence electrons. The molecule has 0 N–H and O–H groups in total. The number of nitrogens with zero attached hydrogens (tertiary/aromatic N) is 1. The number of carbonyl (C=O) groups is 1. The molecule has 0 bridgehead atoms. The number of carbonyl (C=O) groups excluding carboxylic acids is 1. The van der Waals surface area contributed by atoms with Crippen molar-refractivity contribution in [1.29, 1.82) is 0 Å². The third kappa shape index (κ3) is 5.27. The van der Waals surface area contributed by atoms with Crippen molar-refractivity contribution in [3.05, 3.63) is 93.3 Å². The highest BCUT2D eigenvalue weighted by Gasteiger charge is 2.33.